The van der Waals surface area contributed by atoms with Crippen molar-refractivity contribution in [3.05, 3.63) is 70.0 Å². The van der Waals surface area contributed by atoms with Gasteiger partial charge in [0.15, 0.2) is 16.2 Å². The Hall–Kier alpha value is -3.17. The summed E-state index contributed by atoms with van der Waals surface area (Å²) < 4.78 is 10.2. The van der Waals surface area contributed by atoms with Crippen molar-refractivity contribution in [1.82, 2.24) is 29.4 Å². The fourth-order valence-electron chi connectivity index (χ4n) is 4.68. The molecule has 1 saturated heterocycles. The minimum absolute atomic E-state index is 0.0897. The Kier molecular flexibility index (Phi) is 5.38. The molecule has 1 aromatic carbocycles. The summed E-state index contributed by atoms with van der Waals surface area (Å²) in [6.45, 7) is 1.29. The van der Waals surface area contributed by atoms with Crippen LogP contribution in [-0.4, -0.2) is 48.4 Å². The molecule has 0 bridgehead atoms. The highest BCUT2D eigenvalue weighted by molar-refractivity contribution is 7.71. The van der Waals surface area contributed by atoms with Crippen molar-refractivity contribution in [2.75, 3.05) is 13.1 Å². The molecule has 6 rings (SSSR count). The lowest BCUT2D eigenvalue weighted by molar-refractivity contribution is 0.0703. The van der Waals surface area contributed by atoms with Gasteiger partial charge in [-0.05, 0) is 68.2 Å². The number of H-pyrrole nitrogens is 1. The molecule has 174 valence electrons. The minimum Gasteiger partial charge on any atom is -0.463 e. The molecule has 1 aliphatic carbocycles. The van der Waals surface area contributed by atoms with Gasteiger partial charge in [0.1, 0.15) is 11.5 Å². The highest BCUT2D eigenvalue weighted by atomic mass is 35.5. The third kappa shape index (κ3) is 3.88. The van der Waals surface area contributed by atoms with Crippen LogP contribution in [0.4, 0.5) is 0 Å². The lowest BCUT2D eigenvalue weighted by Crippen LogP contribution is -2.38. The molecule has 8 nitrogen and oxygen atoms in total. The maximum absolute atomic E-state index is 13.4. The van der Waals surface area contributed by atoms with E-state index in [1.807, 2.05) is 35.2 Å². The number of piperidine rings is 1. The molecular weight excluding hydrogens is 472 g/mol. The molecule has 1 aliphatic heterocycles. The molecule has 0 radical (unpaired) electrons. The average molecular weight is 495 g/mol. The van der Waals surface area contributed by atoms with Crippen LogP contribution in [0.25, 0.3) is 17.1 Å². The number of hydrogen-bond acceptors (Lipinski definition) is 5. The largest absolute Gasteiger partial charge is 0.463 e. The smallest absolute Gasteiger partial charge is 0.274 e. The maximum Gasteiger partial charge on any atom is 0.274 e. The molecular formula is C24H23ClN6O2S. The first-order valence-electron chi connectivity index (χ1n) is 11.4. The number of carbonyl (C=O) groups is 1. The zero-order valence-corrected chi connectivity index (χ0v) is 19.9. The minimum atomic E-state index is -0.0897. The van der Waals surface area contributed by atoms with Crippen LogP contribution in [-0.2, 0) is 0 Å². The number of hydrogen-bond donors (Lipinski definition) is 1. The van der Waals surface area contributed by atoms with E-state index in [4.69, 9.17) is 28.2 Å². The van der Waals surface area contributed by atoms with Crippen LogP contribution in [0, 0.1) is 4.77 Å². The second-order valence-corrected chi connectivity index (χ2v) is 9.66. The van der Waals surface area contributed by atoms with Crippen LogP contribution in [0.15, 0.2) is 53.1 Å². The number of furan rings is 1. The van der Waals surface area contributed by atoms with Gasteiger partial charge in [-0.15, -0.1) is 0 Å². The number of rotatable bonds is 5. The molecule has 1 N–H and O–H groups in total. The van der Waals surface area contributed by atoms with Gasteiger partial charge in [0, 0.05) is 36.1 Å². The van der Waals surface area contributed by atoms with E-state index in [-0.39, 0.29) is 5.91 Å². The first-order valence-corrected chi connectivity index (χ1v) is 12.2. The van der Waals surface area contributed by atoms with E-state index in [0.29, 0.717) is 52.0 Å². The van der Waals surface area contributed by atoms with Crippen molar-refractivity contribution < 1.29 is 9.21 Å². The topological polar surface area (TPSA) is 84.9 Å². The van der Waals surface area contributed by atoms with Crippen LogP contribution in [0.2, 0.25) is 5.02 Å². The van der Waals surface area contributed by atoms with E-state index in [1.165, 1.54) is 0 Å². The van der Waals surface area contributed by atoms with E-state index in [9.17, 15) is 4.79 Å². The quantitative estimate of drug-likeness (QED) is 0.376. The highest BCUT2D eigenvalue weighted by Gasteiger charge is 2.33. The predicted octanol–water partition coefficient (Wildman–Crippen LogP) is 5.39. The Morgan fingerprint density at radius 2 is 1.94 bits per heavy atom. The molecule has 10 heteroatoms. The fourth-order valence-corrected chi connectivity index (χ4v) is 5.16. The number of amides is 1. The molecule has 0 atom stereocenters. The molecule has 4 heterocycles. The van der Waals surface area contributed by atoms with Crippen molar-refractivity contribution in [3.63, 3.8) is 0 Å². The van der Waals surface area contributed by atoms with Gasteiger partial charge in [0.2, 0.25) is 0 Å². The molecule has 3 aromatic heterocycles. The summed E-state index contributed by atoms with van der Waals surface area (Å²) in [5.41, 5.74) is 1.84. The molecule has 2 fully saturated rings. The Morgan fingerprint density at radius 1 is 1.12 bits per heavy atom. The van der Waals surface area contributed by atoms with Crippen molar-refractivity contribution in [1.29, 1.82) is 0 Å². The Morgan fingerprint density at radius 3 is 2.65 bits per heavy atom. The lowest BCUT2D eigenvalue weighted by Gasteiger charge is -2.31. The van der Waals surface area contributed by atoms with Gasteiger partial charge in [-0.3, -0.25) is 9.89 Å². The fraction of sp³-hybridized carbons (Fsp3) is 0.333. The first-order chi connectivity index (χ1) is 16.6. The number of benzene rings is 1. The number of likely N-dealkylation sites (tertiary alicyclic amines) is 1. The number of nitrogens with one attached hydrogen (secondary N) is 1. The third-order valence-corrected chi connectivity index (χ3v) is 7.07. The number of carbonyl (C=O) groups excluding carboxylic acids is 1. The van der Waals surface area contributed by atoms with Crippen molar-refractivity contribution in [2.24, 2.45) is 0 Å². The number of nitrogens with zero attached hydrogens (tertiary/aromatic N) is 5. The molecule has 4 aromatic rings. The Bertz CT molecular complexity index is 1390. The monoisotopic (exact) mass is 494 g/mol. The average Bonchev–Trinajstić information content (AvgIpc) is 3.24. The summed E-state index contributed by atoms with van der Waals surface area (Å²) >= 11 is 11.6. The van der Waals surface area contributed by atoms with Crippen molar-refractivity contribution >= 4 is 29.7 Å². The molecule has 0 unspecified atom stereocenters. The Labute approximate surface area is 206 Å². The number of aromatic nitrogens is 5. The molecule has 2 aliphatic rings. The van der Waals surface area contributed by atoms with Crippen molar-refractivity contribution in [2.45, 2.75) is 37.6 Å². The number of halogens is 1. The van der Waals surface area contributed by atoms with Crippen LogP contribution >= 0.6 is 23.8 Å². The van der Waals surface area contributed by atoms with Gasteiger partial charge in [-0.2, -0.15) is 10.2 Å². The first kappa shape index (κ1) is 21.4. The zero-order valence-electron chi connectivity index (χ0n) is 18.4. The van der Waals surface area contributed by atoms with E-state index in [0.717, 1.165) is 37.2 Å². The Balaban J connectivity index is 1.24. The zero-order chi connectivity index (χ0) is 23.2. The van der Waals surface area contributed by atoms with Crippen LogP contribution in [0.5, 0.6) is 0 Å². The normalized spacial score (nSPS) is 16.8. The molecule has 1 amide bonds. The summed E-state index contributed by atoms with van der Waals surface area (Å²) in [5.74, 6) is 1.87. The standard InChI is InChI=1S/C24H23ClN6O2S/c25-16-3-1-4-18(13-16)31-20(21-5-2-12-33-21)14-19(28-31)23(32)29-10-8-15(9-11-29)22-26-27-24(34)30(22)17-6-7-17/h1-5,12-15,17H,6-11H2,(H,27,34). The second-order valence-electron chi connectivity index (χ2n) is 8.84. The predicted molar refractivity (Wildman–Crippen MR) is 130 cm³/mol. The molecule has 34 heavy (non-hydrogen) atoms. The van der Waals surface area contributed by atoms with Gasteiger partial charge in [-0.25, -0.2) is 4.68 Å². The summed E-state index contributed by atoms with van der Waals surface area (Å²) in [6, 6.07) is 13.3. The highest BCUT2D eigenvalue weighted by Crippen LogP contribution is 2.39. The summed E-state index contributed by atoms with van der Waals surface area (Å²) in [6.07, 6.45) is 5.61. The van der Waals surface area contributed by atoms with E-state index < -0.39 is 0 Å². The lowest BCUT2D eigenvalue weighted by atomic mass is 9.95. The molecule has 0 spiro atoms. The summed E-state index contributed by atoms with van der Waals surface area (Å²) in [5, 5.41) is 12.7. The third-order valence-electron chi connectivity index (χ3n) is 6.55. The van der Waals surface area contributed by atoms with Crippen LogP contribution in [0.1, 0.15) is 54.0 Å². The summed E-state index contributed by atoms with van der Waals surface area (Å²) in [7, 11) is 0. The van der Waals surface area contributed by atoms with Crippen LogP contribution < -0.4 is 0 Å². The SMILES string of the molecule is O=C(c1cc(-c2ccco2)n(-c2cccc(Cl)c2)n1)N1CCC(c2n[nH]c(=S)n2C2CC2)CC1. The van der Waals surface area contributed by atoms with E-state index in [2.05, 4.69) is 19.9 Å². The van der Waals surface area contributed by atoms with Gasteiger partial charge in [0.05, 0.1) is 12.0 Å². The molecule has 1 saturated carbocycles. The maximum atomic E-state index is 13.4. The number of aromatic amines is 1. The van der Waals surface area contributed by atoms with Gasteiger partial charge in [-0.1, -0.05) is 17.7 Å². The second kappa shape index (κ2) is 8.56. The van der Waals surface area contributed by atoms with Gasteiger partial charge < -0.3 is 13.9 Å². The van der Waals surface area contributed by atoms with E-state index >= 15 is 0 Å². The van der Waals surface area contributed by atoms with E-state index in [1.54, 1.807) is 23.1 Å². The van der Waals surface area contributed by atoms with Gasteiger partial charge in [0.25, 0.3) is 5.91 Å². The van der Waals surface area contributed by atoms with Crippen LogP contribution in [0.3, 0.4) is 0 Å². The van der Waals surface area contributed by atoms with Gasteiger partial charge >= 0.3 is 0 Å². The summed E-state index contributed by atoms with van der Waals surface area (Å²) in [4.78, 5) is 15.3. The van der Waals surface area contributed by atoms with Crippen molar-refractivity contribution in [3.8, 4) is 17.1 Å².